The number of epoxide rings is 1. The molecule has 0 aromatic heterocycles. The predicted molar refractivity (Wildman–Crippen MR) is 148 cm³/mol. The standard InChI is InChI=1S/C32H32O11/c1-15-12-17-21(24(34)22-18(33)10-11-19(23(22)25(17)36-2)39-13-16-8-6-5-7-9-16)26-20(15)27-28-31(35,41-26)30(14-40-30)32(42-27,43-28)29(37-3)38-4/h5-9,12,19,27-29,34-35H,10-11,13-14H2,1-4H3/t19-,27-,28-,30-,31+,32-/m0/s1. The van der Waals surface area contributed by atoms with Crippen molar-refractivity contribution in [2.75, 3.05) is 27.9 Å². The number of fused-ring (bicyclic) bond motifs is 8. The highest BCUT2D eigenvalue weighted by Gasteiger charge is 2.92. The minimum Gasteiger partial charge on any atom is -0.506 e. The minimum atomic E-state index is -2.00. The summed E-state index contributed by atoms with van der Waals surface area (Å²) in [5.41, 5.74) is 1.50. The van der Waals surface area contributed by atoms with Crippen LogP contribution in [0.3, 0.4) is 0 Å². The first-order valence-corrected chi connectivity index (χ1v) is 14.3. The summed E-state index contributed by atoms with van der Waals surface area (Å²) in [4.78, 5) is 13.4. The zero-order valence-electron chi connectivity index (χ0n) is 24.2. The normalized spacial score (nSPS) is 33.2. The summed E-state index contributed by atoms with van der Waals surface area (Å²) >= 11 is 0. The van der Waals surface area contributed by atoms with Crippen LogP contribution in [0, 0.1) is 6.92 Å². The van der Waals surface area contributed by atoms with Crippen molar-refractivity contribution in [1.82, 2.24) is 0 Å². The van der Waals surface area contributed by atoms with Gasteiger partial charge in [0, 0.05) is 37.2 Å². The van der Waals surface area contributed by atoms with Crippen LogP contribution in [0.1, 0.15) is 57.7 Å². The van der Waals surface area contributed by atoms with Crippen LogP contribution >= 0.6 is 0 Å². The molecule has 3 saturated heterocycles. The van der Waals surface area contributed by atoms with Crippen LogP contribution in [0.5, 0.6) is 17.2 Å². The van der Waals surface area contributed by atoms with Gasteiger partial charge in [0.05, 0.1) is 37.4 Å². The van der Waals surface area contributed by atoms with E-state index in [1.54, 1.807) is 0 Å². The maximum Gasteiger partial charge on any atom is 0.274 e. The largest absolute Gasteiger partial charge is 0.506 e. The van der Waals surface area contributed by atoms with Gasteiger partial charge in [-0.1, -0.05) is 30.3 Å². The maximum absolute atomic E-state index is 13.4. The molecule has 8 rings (SSSR count). The molecule has 4 aliphatic heterocycles. The molecule has 43 heavy (non-hydrogen) atoms. The number of phenolic OH excluding ortho intramolecular Hbond substituents is 1. The summed E-state index contributed by atoms with van der Waals surface area (Å²) in [5, 5.41) is 24.8. The lowest BCUT2D eigenvalue weighted by atomic mass is 9.78. The van der Waals surface area contributed by atoms with Crippen LogP contribution in [0.4, 0.5) is 0 Å². The summed E-state index contributed by atoms with van der Waals surface area (Å²) in [6, 6.07) is 11.6. The second-order valence-corrected chi connectivity index (χ2v) is 11.7. The summed E-state index contributed by atoms with van der Waals surface area (Å²) in [5.74, 6) is -3.50. The van der Waals surface area contributed by atoms with Crippen LogP contribution in [-0.2, 0) is 35.0 Å². The van der Waals surface area contributed by atoms with Gasteiger partial charge in [0.2, 0.25) is 11.9 Å². The second-order valence-electron chi connectivity index (χ2n) is 11.7. The highest BCUT2D eigenvalue weighted by molar-refractivity contribution is 6.12. The van der Waals surface area contributed by atoms with Gasteiger partial charge in [0.1, 0.15) is 23.4 Å². The quantitative estimate of drug-likeness (QED) is 0.307. The Bertz CT molecular complexity index is 1660. The SMILES string of the molecule is COc1c2c(c(O)c3c4c(c(C)cc13)[C@@H]1O[C@@]3(C(OC)OC)O[C@@H]1[C@@](O)(O4)[C@@]31CO1)C(=O)CC[C@@H]2OCc1ccccc1. The molecule has 2 N–H and O–H groups in total. The number of ketones is 1. The molecular weight excluding hydrogens is 560 g/mol. The lowest BCUT2D eigenvalue weighted by Gasteiger charge is -2.47. The van der Waals surface area contributed by atoms with E-state index < -0.39 is 41.8 Å². The molecular formula is C32H32O11. The smallest absolute Gasteiger partial charge is 0.274 e. The molecule has 226 valence electrons. The number of hydrogen-bond acceptors (Lipinski definition) is 11. The fourth-order valence-corrected chi connectivity index (χ4v) is 7.64. The molecule has 3 aromatic rings. The van der Waals surface area contributed by atoms with E-state index in [1.807, 2.05) is 43.3 Å². The fraction of sp³-hybridized carbons (Fsp3) is 0.469. The van der Waals surface area contributed by atoms with E-state index >= 15 is 0 Å². The number of phenols is 1. The first-order chi connectivity index (χ1) is 20.7. The number of carbonyl (C=O) groups excluding carboxylic acids is 1. The van der Waals surface area contributed by atoms with Crippen LogP contribution in [-0.4, -0.2) is 73.5 Å². The Morgan fingerprint density at radius 3 is 2.51 bits per heavy atom. The van der Waals surface area contributed by atoms with E-state index in [0.29, 0.717) is 35.3 Å². The number of Topliss-reactive ketones (excluding diaryl/α,β-unsaturated/α-hetero) is 1. The van der Waals surface area contributed by atoms with Crippen LogP contribution < -0.4 is 9.47 Å². The molecule has 1 spiro atoms. The third kappa shape index (κ3) is 3.25. The van der Waals surface area contributed by atoms with Gasteiger partial charge in [-0.3, -0.25) is 4.79 Å². The van der Waals surface area contributed by atoms with Crippen molar-refractivity contribution in [3.63, 3.8) is 0 Å². The molecule has 0 radical (unpaired) electrons. The number of rotatable bonds is 7. The molecule has 3 aromatic carbocycles. The molecule has 4 heterocycles. The number of hydrogen-bond donors (Lipinski definition) is 2. The Labute approximate surface area is 247 Å². The third-order valence-corrected chi connectivity index (χ3v) is 9.61. The first-order valence-electron chi connectivity index (χ1n) is 14.3. The molecule has 2 bridgehead atoms. The van der Waals surface area contributed by atoms with Gasteiger partial charge in [0.25, 0.3) is 11.6 Å². The average molecular weight is 593 g/mol. The molecule has 0 amide bonds. The zero-order valence-corrected chi connectivity index (χ0v) is 24.2. The fourth-order valence-electron chi connectivity index (χ4n) is 7.64. The Kier molecular flexibility index (Phi) is 5.78. The lowest BCUT2D eigenvalue weighted by molar-refractivity contribution is -0.344. The van der Waals surface area contributed by atoms with E-state index in [-0.39, 0.29) is 41.3 Å². The van der Waals surface area contributed by atoms with Crippen molar-refractivity contribution in [1.29, 1.82) is 0 Å². The van der Waals surface area contributed by atoms with E-state index in [0.717, 1.165) is 11.1 Å². The second kappa shape index (κ2) is 9.12. The van der Waals surface area contributed by atoms with E-state index in [9.17, 15) is 15.0 Å². The van der Waals surface area contributed by atoms with Gasteiger partial charge in [0.15, 0.2) is 11.9 Å². The number of ether oxygens (including phenoxy) is 8. The van der Waals surface area contributed by atoms with Gasteiger partial charge < -0.3 is 48.1 Å². The monoisotopic (exact) mass is 592 g/mol. The Morgan fingerprint density at radius 1 is 1.09 bits per heavy atom. The average Bonchev–Trinajstić information content (AvgIpc) is 3.68. The lowest BCUT2D eigenvalue weighted by Crippen LogP contribution is -2.69. The minimum absolute atomic E-state index is 0.0681. The van der Waals surface area contributed by atoms with Gasteiger partial charge >= 0.3 is 0 Å². The van der Waals surface area contributed by atoms with Crippen LogP contribution in [0.15, 0.2) is 36.4 Å². The Balaban J connectivity index is 1.31. The number of aryl methyl sites for hydroxylation is 1. The molecule has 0 saturated carbocycles. The number of aliphatic hydroxyl groups is 1. The summed E-state index contributed by atoms with van der Waals surface area (Å²) < 4.78 is 48.5. The molecule has 1 aliphatic carbocycles. The van der Waals surface area contributed by atoms with Crippen molar-refractivity contribution in [3.05, 3.63) is 64.2 Å². The van der Waals surface area contributed by atoms with Crippen molar-refractivity contribution >= 4 is 16.6 Å². The van der Waals surface area contributed by atoms with Crippen molar-refractivity contribution in [2.24, 2.45) is 0 Å². The van der Waals surface area contributed by atoms with E-state index in [1.165, 1.54) is 21.3 Å². The Hall–Kier alpha value is -3.29. The van der Waals surface area contributed by atoms with Crippen LogP contribution in [0.2, 0.25) is 0 Å². The summed E-state index contributed by atoms with van der Waals surface area (Å²) in [7, 11) is 4.42. The highest BCUT2D eigenvalue weighted by atomic mass is 16.9. The Morgan fingerprint density at radius 2 is 1.84 bits per heavy atom. The molecule has 11 heteroatoms. The highest BCUT2D eigenvalue weighted by Crippen LogP contribution is 2.71. The van der Waals surface area contributed by atoms with Crippen molar-refractivity contribution < 1.29 is 52.9 Å². The predicted octanol–water partition coefficient (Wildman–Crippen LogP) is 3.73. The van der Waals surface area contributed by atoms with Crippen LogP contribution in [0.25, 0.3) is 10.8 Å². The maximum atomic E-state index is 13.4. The van der Waals surface area contributed by atoms with E-state index in [4.69, 9.17) is 37.9 Å². The van der Waals surface area contributed by atoms with Gasteiger partial charge in [-0.2, -0.15) is 0 Å². The number of benzene rings is 3. The van der Waals surface area contributed by atoms with Gasteiger partial charge in [-0.05, 0) is 30.5 Å². The van der Waals surface area contributed by atoms with Gasteiger partial charge in [-0.15, -0.1) is 0 Å². The molecule has 6 atom stereocenters. The van der Waals surface area contributed by atoms with Crippen molar-refractivity contribution in [2.45, 2.75) is 68.1 Å². The molecule has 3 fully saturated rings. The number of carbonyl (C=O) groups is 1. The topological polar surface area (TPSA) is 135 Å². The summed E-state index contributed by atoms with van der Waals surface area (Å²) in [6.45, 7) is 2.28. The number of methoxy groups -OCH3 is 3. The van der Waals surface area contributed by atoms with Gasteiger partial charge in [-0.25, -0.2) is 0 Å². The molecule has 0 unspecified atom stereocenters. The number of aromatic hydroxyl groups is 1. The zero-order chi connectivity index (χ0) is 29.9. The first kappa shape index (κ1) is 27.3. The van der Waals surface area contributed by atoms with E-state index in [2.05, 4.69) is 0 Å². The third-order valence-electron chi connectivity index (χ3n) is 9.61. The van der Waals surface area contributed by atoms with Crippen molar-refractivity contribution in [3.8, 4) is 17.2 Å². The molecule has 11 nitrogen and oxygen atoms in total. The summed E-state index contributed by atoms with van der Waals surface area (Å²) in [6.07, 6.45) is -2.66. The molecule has 5 aliphatic rings.